The number of anilines is 1. The van der Waals surface area contributed by atoms with Crippen molar-refractivity contribution in [1.29, 1.82) is 0 Å². The maximum Gasteiger partial charge on any atom is 0.226 e. The van der Waals surface area contributed by atoms with Gasteiger partial charge in [-0.25, -0.2) is 4.98 Å². The number of hydrogen-bond donors (Lipinski definition) is 2. The largest absolute Gasteiger partial charge is 0.378 e. The van der Waals surface area contributed by atoms with Crippen LogP contribution >= 0.6 is 11.3 Å². The highest BCUT2D eigenvalue weighted by atomic mass is 32.1. The molecular weight excluding hydrogens is 262 g/mol. The third kappa shape index (κ3) is 4.63. The van der Waals surface area contributed by atoms with E-state index in [0.29, 0.717) is 18.1 Å². The second kappa shape index (κ2) is 7.24. The van der Waals surface area contributed by atoms with Gasteiger partial charge < -0.3 is 15.8 Å². The molecule has 102 valence electrons. The fourth-order valence-electron chi connectivity index (χ4n) is 1.87. The minimum Gasteiger partial charge on any atom is -0.378 e. The SMILES string of the molecule is NCC#Cc1cnc(NC(=O)CCC2CCCO2)s1. The lowest BCUT2D eigenvalue weighted by molar-refractivity contribution is -0.116. The van der Waals surface area contributed by atoms with E-state index in [1.54, 1.807) is 6.20 Å². The predicted octanol–water partition coefficient (Wildman–Crippen LogP) is 1.35. The molecule has 1 aliphatic rings. The summed E-state index contributed by atoms with van der Waals surface area (Å²) >= 11 is 1.36. The Bertz CT molecular complexity index is 484. The topological polar surface area (TPSA) is 77.2 Å². The molecule has 1 aliphatic heterocycles. The highest BCUT2D eigenvalue weighted by molar-refractivity contribution is 7.16. The van der Waals surface area contributed by atoms with Gasteiger partial charge >= 0.3 is 0 Å². The van der Waals surface area contributed by atoms with Crippen LogP contribution in [0.15, 0.2) is 6.20 Å². The number of carbonyl (C=O) groups excluding carboxylic acids is 1. The van der Waals surface area contributed by atoms with Crippen LogP contribution in [0.1, 0.15) is 30.6 Å². The minimum atomic E-state index is -0.0248. The molecule has 1 saturated heterocycles. The Kier molecular flexibility index (Phi) is 5.33. The van der Waals surface area contributed by atoms with E-state index in [1.165, 1.54) is 11.3 Å². The van der Waals surface area contributed by atoms with Crippen LogP contribution in [-0.2, 0) is 9.53 Å². The molecule has 0 spiro atoms. The molecular formula is C13H17N3O2S. The number of ether oxygens (including phenoxy) is 1. The Morgan fingerprint density at radius 3 is 3.32 bits per heavy atom. The van der Waals surface area contributed by atoms with Gasteiger partial charge in [0, 0.05) is 13.0 Å². The average molecular weight is 279 g/mol. The normalized spacial score (nSPS) is 17.8. The fourth-order valence-corrected chi connectivity index (χ4v) is 2.58. The maximum absolute atomic E-state index is 11.7. The van der Waals surface area contributed by atoms with Gasteiger partial charge in [0.2, 0.25) is 5.91 Å². The van der Waals surface area contributed by atoms with E-state index in [9.17, 15) is 4.79 Å². The van der Waals surface area contributed by atoms with Gasteiger partial charge in [-0.15, -0.1) is 0 Å². The van der Waals surface area contributed by atoms with Crippen molar-refractivity contribution in [3.05, 3.63) is 11.1 Å². The van der Waals surface area contributed by atoms with E-state index in [0.717, 1.165) is 30.7 Å². The monoisotopic (exact) mass is 279 g/mol. The predicted molar refractivity (Wildman–Crippen MR) is 74.9 cm³/mol. The molecule has 0 aliphatic carbocycles. The van der Waals surface area contributed by atoms with E-state index in [1.807, 2.05) is 0 Å². The summed E-state index contributed by atoms with van der Waals surface area (Å²) in [6.45, 7) is 1.14. The molecule has 6 heteroatoms. The van der Waals surface area contributed by atoms with Gasteiger partial charge in [-0.05, 0) is 19.3 Å². The molecule has 0 radical (unpaired) electrons. The first-order valence-electron chi connectivity index (χ1n) is 6.34. The Morgan fingerprint density at radius 2 is 2.58 bits per heavy atom. The molecule has 0 bridgehead atoms. The number of nitrogens with zero attached hydrogens (tertiary/aromatic N) is 1. The van der Waals surface area contributed by atoms with Gasteiger partial charge in [-0.3, -0.25) is 4.79 Å². The van der Waals surface area contributed by atoms with Crippen LogP contribution in [0.5, 0.6) is 0 Å². The summed E-state index contributed by atoms with van der Waals surface area (Å²) in [5, 5.41) is 3.36. The summed E-state index contributed by atoms with van der Waals surface area (Å²) in [5.74, 6) is 5.61. The van der Waals surface area contributed by atoms with Gasteiger partial charge in [-0.1, -0.05) is 23.2 Å². The summed E-state index contributed by atoms with van der Waals surface area (Å²) in [7, 11) is 0. The highest BCUT2D eigenvalue weighted by Gasteiger charge is 2.17. The Hall–Kier alpha value is -1.42. The minimum absolute atomic E-state index is 0.0248. The van der Waals surface area contributed by atoms with Crippen molar-refractivity contribution in [3.63, 3.8) is 0 Å². The second-order valence-corrected chi connectivity index (χ2v) is 5.29. The van der Waals surface area contributed by atoms with E-state index in [-0.39, 0.29) is 12.0 Å². The standard InChI is InChI=1S/C13H17N3O2S/c14-7-1-4-11-9-15-13(19-11)16-12(17)6-5-10-3-2-8-18-10/h9-10H,2-3,5-8,14H2,(H,15,16,17). The molecule has 0 aromatic carbocycles. The van der Waals surface area contributed by atoms with Crippen molar-refractivity contribution in [2.75, 3.05) is 18.5 Å². The zero-order valence-electron chi connectivity index (χ0n) is 10.6. The molecule has 3 N–H and O–H groups in total. The van der Waals surface area contributed by atoms with Crippen LogP contribution in [-0.4, -0.2) is 30.1 Å². The Morgan fingerprint density at radius 1 is 1.68 bits per heavy atom. The quantitative estimate of drug-likeness (QED) is 0.816. The van der Waals surface area contributed by atoms with Gasteiger partial charge in [0.25, 0.3) is 0 Å². The zero-order chi connectivity index (χ0) is 13.5. The number of aromatic nitrogens is 1. The molecule has 1 fully saturated rings. The molecule has 1 aromatic heterocycles. The number of nitrogens with one attached hydrogen (secondary N) is 1. The summed E-state index contributed by atoms with van der Waals surface area (Å²) in [6, 6.07) is 0. The van der Waals surface area contributed by atoms with Crippen LogP contribution in [0.2, 0.25) is 0 Å². The molecule has 1 amide bonds. The van der Waals surface area contributed by atoms with Crippen molar-refractivity contribution >= 4 is 22.4 Å². The van der Waals surface area contributed by atoms with Crippen molar-refractivity contribution in [2.24, 2.45) is 5.73 Å². The summed E-state index contributed by atoms with van der Waals surface area (Å²) in [4.78, 5) is 16.6. The maximum atomic E-state index is 11.7. The number of hydrogen-bond acceptors (Lipinski definition) is 5. The van der Waals surface area contributed by atoms with E-state index >= 15 is 0 Å². The third-order valence-electron chi connectivity index (χ3n) is 2.78. The lowest BCUT2D eigenvalue weighted by atomic mass is 10.1. The molecule has 0 saturated carbocycles. The van der Waals surface area contributed by atoms with E-state index in [4.69, 9.17) is 10.5 Å². The summed E-state index contributed by atoms with van der Waals surface area (Å²) in [5.41, 5.74) is 5.29. The summed E-state index contributed by atoms with van der Waals surface area (Å²) < 4.78 is 5.48. The lowest BCUT2D eigenvalue weighted by Crippen LogP contribution is -2.15. The van der Waals surface area contributed by atoms with Crippen molar-refractivity contribution in [2.45, 2.75) is 31.8 Å². The first-order valence-corrected chi connectivity index (χ1v) is 7.16. The fraction of sp³-hybridized carbons (Fsp3) is 0.538. The van der Waals surface area contributed by atoms with Gasteiger partial charge in [0.1, 0.15) is 0 Å². The number of nitrogens with two attached hydrogens (primary N) is 1. The van der Waals surface area contributed by atoms with Crippen molar-refractivity contribution in [3.8, 4) is 11.8 Å². The molecule has 1 atom stereocenters. The van der Waals surface area contributed by atoms with Crippen LogP contribution < -0.4 is 11.1 Å². The Balaban J connectivity index is 1.76. The Labute approximate surface area is 116 Å². The molecule has 2 rings (SSSR count). The number of carbonyl (C=O) groups is 1. The van der Waals surface area contributed by atoms with Crippen molar-refractivity contribution in [1.82, 2.24) is 4.98 Å². The third-order valence-corrected chi connectivity index (χ3v) is 3.61. The molecule has 2 heterocycles. The molecule has 1 unspecified atom stereocenters. The number of thiazole rings is 1. The van der Waals surface area contributed by atoms with Crippen LogP contribution in [0.25, 0.3) is 0 Å². The molecule has 5 nitrogen and oxygen atoms in total. The zero-order valence-corrected chi connectivity index (χ0v) is 11.5. The van der Waals surface area contributed by atoms with Gasteiger partial charge in [0.05, 0.1) is 23.7 Å². The van der Waals surface area contributed by atoms with Crippen molar-refractivity contribution < 1.29 is 9.53 Å². The van der Waals surface area contributed by atoms with Gasteiger partial charge in [-0.2, -0.15) is 0 Å². The van der Waals surface area contributed by atoms with Crippen LogP contribution in [0.3, 0.4) is 0 Å². The van der Waals surface area contributed by atoms with E-state index < -0.39 is 0 Å². The molecule has 19 heavy (non-hydrogen) atoms. The molecule has 1 aromatic rings. The number of rotatable bonds is 4. The average Bonchev–Trinajstić information content (AvgIpc) is 3.05. The first kappa shape index (κ1) is 14.0. The first-order chi connectivity index (χ1) is 9.28. The van der Waals surface area contributed by atoms with Gasteiger partial charge in [0.15, 0.2) is 5.13 Å². The number of amides is 1. The smallest absolute Gasteiger partial charge is 0.226 e. The van der Waals surface area contributed by atoms with Crippen LogP contribution in [0.4, 0.5) is 5.13 Å². The van der Waals surface area contributed by atoms with Crippen LogP contribution in [0, 0.1) is 11.8 Å². The highest BCUT2D eigenvalue weighted by Crippen LogP contribution is 2.19. The van der Waals surface area contributed by atoms with E-state index in [2.05, 4.69) is 22.1 Å². The second-order valence-electron chi connectivity index (χ2n) is 4.26. The summed E-state index contributed by atoms with van der Waals surface area (Å²) in [6.07, 6.45) is 5.28. The lowest BCUT2D eigenvalue weighted by Gasteiger charge is -2.07.